The van der Waals surface area contributed by atoms with Gasteiger partial charge in [-0.25, -0.2) is 0 Å². The van der Waals surface area contributed by atoms with E-state index in [1.165, 1.54) is 4.29 Å². The minimum absolute atomic E-state index is 0.0572. The number of aromatic nitrogens is 1. The van der Waals surface area contributed by atoms with E-state index in [9.17, 15) is 0 Å². The predicted octanol–water partition coefficient (Wildman–Crippen LogP) is 1.47. The molecule has 0 aromatic carbocycles. The summed E-state index contributed by atoms with van der Waals surface area (Å²) < 4.78 is 1.39. The molecular weight excluding hydrogens is 249 g/mol. The predicted molar refractivity (Wildman–Crippen MR) is 51.1 cm³/mol. The summed E-state index contributed by atoms with van der Waals surface area (Å²) in [5, 5.41) is 0. The molecule has 70 valence electrons. The van der Waals surface area contributed by atoms with Crippen molar-refractivity contribution in [2.45, 2.75) is 18.0 Å². The van der Waals surface area contributed by atoms with Crippen LogP contribution in [-0.2, 0) is 17.1 Å². The molecule has 0 bridgehead atoms. The summed E-state index contributed by atoms with van der Waals surface area (Å²) in [4.78, 5) is 7.86. The molecule has 1 aliphatic heterocycles. The van der Waals surface area contributed by atoms with Gasteiger partial charge in [0.2, 0.25) is 0 Å². The van der Waals surface area contributed by atoms with Crippen molar-refractivity contribution in [3.05, 3.63) is 30.5 Å². The van der Waals surface area contributed by atoms with E-state index in [2.05, 4.69) is 42.0 Å². The van der Waals surface area contributed by atoms with Crippen molar-refractivity contribution in [1.82, 2.24) is 4.98 Å². The summed E-state index contributed by atoms with van der Waals surface area (Å²) in [6, 6.07) is 4.18. The van der Waals surface area contributed by atoms with Crippen LogP contribution in [0, 0.1) is 0 Å². The van der Waals surface area contributed by atoms with Gasteiger partial charge in [-0.3, -0.25) is 0 Å². The van der Waals surface area contributed by atoms with Crippen molar-refractivity contribution >= 4 is 10.00 Å². The van der Waals surface area contributed by atoms with Crippen LogP contribution in [0.25, 0.3) is 0 Å². The molecule has 13 heavy (non-hydrogen) atoms. The molecule has 2 heterocycles. The van der Waals surface area contributed by atoms with Crippen molar-refractivity contribution < 1.29 is 17.1 Å². The summed E-state index contributed by atoms with van der Waals surface area (Å²) in [6.07, 6.45) is 6.29. The zero-order valence-corrected chi connectivity index (χ0v) is 9.43. The Morgan fingerprint density at radius 3 is 2.92 bits per heavy atom. The molecule has 0 aliphatic carbocycles. The fourth-order valence-electron chi connectivity index (χ4n) is 1.29. The summed E-state index contributed by atoms with van der Waals surface area (Å²) in [7, 11) is 0. The first-order valence-corrected chi connectivity index (χ1v) is 5.94. The Morgan fingerprint density at radius 2 is 2.38 bits per heavy atom. The molecule has 1 aromatic heterocycles. The third-order valence-corrected chi connectivity index (χ3v) is 4.22. The Kier molecular flexibility index (Phi) is 2.21. The maximum absolute atomic E-state index is 4.62. The Labute approximate surface area is 85.8 Å². The van der Waals surface area contributed by atoms with Gasteiger partial charge >= 0.3 is 85.6 Å². The van der Waals surface area contributed by atoms with Gasteiger partial charge in [0, 0.05) is 0 Å². The molecule has 3 heteroatoms. The van der Waals surface area contributed by atoms with Crippen LogP contribution in [0.2, 0.25) is 0 Å². The van der Waals surface area contributed by atoms with Gasteiger partial charge in [-0.2, -0.15) is 0 Å². The van der Waals surface area contributed by atoms with Gasteiger partial charge in [-0.15, -0.1) is 0 Å². The molecule has 1 unspecified atom stereocenters. The third kappa shape index (κ3) is 1.97. The fraction of sp³-hybridized carbons (Fsp3) is 0.300. The van der Waals surface area contributed by atoms with E-state index in [-0.39, 0.29) is 21.3 Å². The molecule has 0 saturated carbocycles. The molecule has 2 nitrogen and oxygen atoms in total. The monoisotopic (exact) mass is 262 g/mol. The zero-order chi connectivity index (χ0) is 9.31. The number of rotatable bonds is 2. The van der Waals surface area contributed by atoms with E-state index in [4.69, 9.17) is 0 Å². The van der Waals surface area contributed by atoms with Gasteiger partial charge < -0.3 is 0 Å². The van der Waals surface area contributed by atoms with E-state index in [1.807, 2.05) is 12.3 Å². The molecule has 1 aromatic rings. The van der Waals surface area contributed by atoms with Crippen LogP contribution in [0.1, 0.15) is 13.8 Å². The van der Waals surface area contributed by atoms with E-state index in [1.54, 1.807) is 0 Å². The number of hydrogen-bond donors (Lipinski definition) is 1. The Bertz CT molecular complexity index is 351. The Morgan fingerprint density at radius 1 is 1.54 bits per heavy atom. The van der Waals surface area contributed by atoms with Crippen LogP contribution in [0.15, 0.2) is 35.5 Å². The molecule has 0 spiro atoms. The van der Waals surface area contributed by atoms with Crippen LogP contribution < -0.4 is 4.29 Å². The summed E-state index contributed by atoms with van der Waals surface area (Å²) in [6.45, 7) is 4.25. The SMILES string of the molecule is CC1=N[C](C)([Ru][c]2ccc[nH]2)C=C1. The van der Waals surface area contributed by atoms with Crippen LogP contribution in [0.3, 0.4) is 0 Å². The fourth-order valence-corrected chi connectivity index (χ4v) is 3.51. The number of aromatic amines is 1. The van der Waals surface area contributed by atoms with E-state index in [0.29, 0.717) is 0 Å². The van der Waals surface area contributed by atoms with Gasteiger partial charge in [-0.1, -0.05) is 0 Å². The normalized spacial score (nSPS) is 26.8. The molecule has 0 fully saturated rings. The molecule has 1 N–H and O–H groups in total. The Hall–Kier alpha value is -0.687. The van der Waals surface area contributed by atoms with E-state index in [0.717, 1.165) is 5.71 Å². The number of allylic oxidation sites excluding steroid dienone is 1. The van der Waals surface area contributed by atoms with Crippen LogP contribution in [0.4, 0.5) is 0 Å². The Balaban J connectivity index is 2.15. The van der Waals surface area contributed by atoms with Crippen molar-refractivity contribution in [2.24, 2.45) is 4.99 Å². The molecule has 0 radical (unpaired) electrons. The molecule has 0 amide bonds. The van der Waals surface area contributed by atoms with E-state index < -0.39 is 0 Å². The van der Waals surface area contributed by atoms with E-state index >= 15 is 0 Å². The molecule has 1 aliphatic rings. The van der Waals surface area contributed by atoms with Crippen molar-refractivity contribution in [3.8, 4) is 0 Å². The average molecular weight is 261 g/mol. The number of nitrogens with one attached hydrogen (secondary N) is 1. The van der Waals surface area contributed by atoms with Gasteiger partial charge in [-0.05, 0) is 0 Å². The number of nitrogens with zero attached hydrogens (tertiary/aromatic N) is 1. The topological polar surface area (TPSA) is 28.1 Å². The van der Waals surface area contributed by atoms with Gasteiger partial charge in [0.1, 0.15) is 0 Å². The summed E-state index contributed by atoms with van der Waals surface area (Å²) in [5.74, 6) is 0. The van der Waals surface area contributed by atoms with Crippen LogP contribution >= 0.6 is 0 Å². The molecule has 0 saturated heterocycles. The van der Waals surface area contributed by atoms with Gasteiger partial charge in [0.05, 0.1) is 0 Å². The quantitative estimate of drug-likeness (QED) is 0.781. The first kappa shape index (κ1) is 8.89. The second-order valence-corrected chi connectivity index (χ2v) is 6.31. The second kappa shape index (κ2) is 3.23. The van der Waals surface area contributed by atoms with Crippen LogP contribution in [-0.4, -0.2) is 14.8 Å². The van der Waals surface area contributed by atoms with Gasteiger partial charge in [0.25, 0.3) is 0 Å². The minimum atomic E-state index is 0.0572. The average Bonchev–Trinajstić information content (AvgIpc) is 2.62. The number of H-pyrrole nitrogens is 1. The molecule has 2 rings (SSSR count). The van der Waals surface area contributed by atoms with Crippen LogP contribution in [0.5, 0.6) is 0 Å². The molecular formula is C10H12N2Ru. The number of hydrogen-bond acceptors (Lipinski definition) is 1. The van der Waals surface area contributed by atoms with Gasteiger partial charge in [0.15, 0.2) is 0 Å². The summed E-state index contributed by atoms with van der Waals surface area (Å²) >= 11 is 0.108. The first-order valence-electron chi connectivity index (χ1n) is 4.21. The van der Waals surface area contributed by atoms with Crippen molar-refractivity contribution in [1.29, 1.82) is 0 Å². The number of aliphatic imine (C=N–C) groups is 1. The summed E-state index contributed by atoms with van der Waals surface area (Å²) in [5.41, 5.74) is 1.14. The van der Waals surface area contributed by atoms with Crippen molar-refractivity contribution in [3.63, 3.8) is 0 Å². The maximum atomic E-state index is 4.62. The first-order chi connectivity index (χ1) is 6.18. The third-order valence-electron chi connectivity index (χ3n) is 1.84. The molecule has 1 atom stereocenters. The van der Waals surface area contributed by atoms with Crippen molar-refractivity contribution in [2.75, 3.05) is 0 Å². The zero-order valence-electron chi connectivity index (χ0n) is 7.69. The standard InChI is InChI=1S/C6H8N.C4H4N.Ru/c1-5-3-4-6(2)7-5;1-2-4-5-3-1;/h3-4H,1-2H3;1-3,5H;. The second-order valence-electron chi connectivity index (χ2n) is 3.18.